The number of aromatic hydroxyl groups is 2. The van der Waals surface area contributed by atoms with E-state index in [1.165, 1.54) is 36.4 Å². The summed E-state index contributed by atoms with van der Waals surface area (Å²) < 4.78 is 5.06. The number of phenolic OH excluding ortho intramolecular Hbond substituents is 2. The molecule has 0 aliphatic carbocycles. The molecule has 0 aliphatic rings. The number of carbonyl (C=O) groups is 1. The number of phenols is 2. The number of ether oxygens (including phenoxy) is 1. The number of nitro benzene ring substituents is 1. The molecule has 3 N–H and O–H groups in total. The molecule has 134 valence electrons. The predicted octanol–water partition coefficient (Wildman–Crippen LogP) is 4.04. The second-order valence-electron chi connectivity index (χ2n) is 5.95. The summed E-state index contributed by atoms with van der Waals surface area (Å²) in [5, 5.41) is 30.3. The first-order chi connectivity index (χ1) is 11.6. The van der Waals surface area contributed by atoms with Gasteiger partial charge in [0, 0.05) is 17.8 Å². The van der Waals surface area contributed by atoms with Gasteiger partial charge >= 0.3 is 6.09 Å². The van der Waals surface area contributed by atoms with E-state index >= 15 is 0 Å². The SMILES string of the molecule is CC(C)(C)OC(=O)Nc1ccc(O)cc1.O=[N+]([O-])c1ccc(O)cc1. The van der Waals surface area contributed by atoms with Gasteiger partial charge in [-0.1, -0.05) is 0 Å². The zero-order valence-corrected chi connectivity index (χ0v) is 14.1. The van der Waals surface area contributed by atoms with Crippen molar-refractivity contribution < 1.29 is 24.7 Å². The lowest BCUT2D eigenvalue weighted by Crippen LogP contribution is -2.27. The van der Waals surface area contributed by atoms with Gasteiger partial charge in [-0.25, -0.2) is 4.79 Å². The molecule has 2 aromatic carbocycles. The van der Waals surface area contributed by atoms with Gasteiger partial charge in [-0.3, -0.25) is 15.4 Å². The number of carbonyl (C=O) groups excluding carboxylic acids is 1. The number of nitrogens with zero attached hydrogens (tertiary/aromatic N) is 1. The Labute approximate surface area is 144 Å². The molecule has 0 bridgehead atoms. The van der Waals surface area contributed by atoms with Crippen LogP contribution >= 0.6 is 0 Å². The summed E-state index contributed by atoms with van der Waals surface area (Å²) in [5.41, 5.74) is 0.0564. The van der Waals surface area contributed by atoms with Crippen LogP contribution in [-0.4, -0.2) is 26.8 Å². The summed E-state index contributed by atoms with van der Waals surface area (Å²) in [7, 11) is 0. The third-order valence-corrected chi connectivity index (χ3v) is 2.57. The largest absolute Gasteiger partial charge is 0.508 e. The standard InChI is InChI=1S/C11H15NO3.C6H5NO3/c1-11(2,3)15-10(14)12-8-4-6-9(13)7-5-8;8-6-3-1-5(2-4-6)7(9)10/h4-7,13H,1-3H3,(H,12,14);1-4,8H. The van der Waals surface area contributed by atoms with E-state index in [-0.39, 0.29) is 17.2 Å². The fraction of sp³-hybridized carbons (Fsp3) is 0.235. The van der Waals surface area contributed by atoms with E-state index < -0.39 is 16.6 Å². The van der Waals surface area contributed by atoms with Gasteiger partial charge in [0.25, 0.3) is 5.69 Å². The Hall–Kier alpha value is -3.29. The first kappa shape index (κ1) is 19.8. The summed E-state index contributed by atoms with van der Waals surface area (Å²) in [6, 6.07) is 11.2. The molecule has 0 spiro atoms. The third-order valence-electron chi connectivity index (χ3n) is 2.57. The molecule has 8 heteroatoms. The number of rotatable bonds is 2. The lowest BCUT2D eigenvalue weighted by atomic mass is 10.2. The fourth-order valence-corrected chi connectivity index (χ4v) is 1.54. The Morgan fingerprint density at radius 3 is 1.84 bits per heavy atom. The number of hydrogen-bond acceptors (Lipinski definition) is 6. The van der Waals surface area contributed by atoms with Crippen LogP contribution in [-0.2, 0) is 4.74 Å². The highest BCUT2D eigenvalue weighted by molar-refractivity contribution is 5.84. The number of amides is 1. The number of non-ortho nitro benzene ring substituents is 1. The molecule has 2 aromatic rings. The van der Waals surface area contributed by atoms with Crippen molar-refractivity contribution in [3.05, 3.63) is 58.6 Å². The summed E-state index contributed by atoms with van der Waals surface area (Å²) in [6.07, 6.45) is -0.506. The van der Waals surface area contributed by atoms with Gasteiger partial charge in [-0.15, -0.1) is 0 Å². The molecule has 0 aliphatic heterocycles. The maximum absolute atomic E-state index is 11.3. The summed E-state index contributed by atoms with van der Waals surface area (Å²) >= 11 is 0. The first-order valence-electron chi connectivity index (χ1n) is 7.29. The van der Waals surface area contributed by atoms with Crippen LogP contribution in [0.15, 0.2) is 48.5 Å². The van der Waals surface area contributed by atoms with Crippen LogP contribution in [0.4, 0.5) is 16.2 Å². The van der Waals surface area contributed by atoms with E-state index in [1.807, 2.05) is 0 Å². The first-order valence-corrected chi connectivity index (χ1v) is 7.29. The average Bonchev–Trinajstić information content (AvgIpc) is 2.49. The van der Waals surface area contributed by atoms with Crippen molar-refractivity contribution in [2.45, 2.75) is 26.4 Å². The van der Waals surface area contributed by atoms with Gasteiger partial charge in [0.1, 0.15) is 17.1 Å². The van der Waals surface area contributed by atoms with Crippen LogP contribution in [0, 0.1) is 10.1 Å². The lowest BCUT2D eigenvalue weighted by molar-refractivity contribution is -0.384. The van der Waals surface area contributed by atoms with Gasteiger partial charge in [-0.2, -0.15) is 0 Å². The van der Waals surface area contributed by atoms with Crippen LogP contribution in [0.25, 0.3) is 0 Å². The Balaban J connectivity index is 0.000000271. The monoisotopic (exact) mass is 348 g/mol. The smallest absolute Gasteiger partial charge is 0.412 e. The zero-order chi connectivity index (χ0) is 19.0. The molecule has 0 radical (unpaired) electrons. The van der Waals surface area contributed by atoms with Crippen molar-refractivity contribution in [3.8, 4) is 11.5 Å². The van der Waals surface area contributed by atoms with Gasteiger partial charge in [0.2, 0.25) is 0 Å². The van der Waals surface area contributed by atoms with Crippen LogP contribution < -0.4 is 5.32 Å². The van der Waals surface area contributed by atoms with E-state index in [2.05, 4.69) is 5.32 Å². The molecule has 0 saturated heterocycles. The molecule has 8 nitrogen and oxygen atoms in total. The van der Waals surface area contributed by atoms with Gasteiger partial charge in [0.15, 0.2) is 0 Å². The molecule has 0 saturated carbocycles. The number of nitro groups is 1. The molecular weight excluding hydrogens is 328 g/mol. The van der Waals surface area contributed by atoms with E-state index in [4.69, 9.17) is 14.9 Å². The average molecular weight is 348 g/mol. The lowest BCUT2D eigenvalue weighted by Gasteiger charge is -2.19. The minimum Gasteiger partial charge on any atom is -0.508 e. The van der Waals surface area contributed by atoms with Crippen molar-refractivity contribution in [2.75, 3.05) is 5.32 Å². The van der Waals surface area contributed by atoms with Crippen molar-refractivity contribution in [1.29, 1.82) is 0 Å². The minimum atomic E-state index is -0.514. The Bertz CT molecular complexity index is 705. The Morgan fingerprint density at radius 1 is 1.00 bits per heavy atom. The van der Waals surface area contributed by atoms with Crippen LogP contribution in [0.5, 0.6) is 11.5 Å². The second-order valence-corrected chi connectivity index (χ2v) is 5.95. The molecule has 2 rings (SSSR count). The van der Waals surface area contributed by atoms with Crippen molar-refractivity contribution >= 4 is 17.5 Å². The maximum atomic E-state index is 11.3. The number of anilines is 1. The molecule has 0 unspecified atom stereocenters. The molecule has 1 amide bonds. The van der Waals surface area contributed by atoms with Crippen LogP contribution in [0.2, 0.25) is 0 Å². The predicted molar refractivity (Wildman–Crippen MR) is 92.7 cm³/mol. The molecule has 0 fully saturated rings. The minimum absolute atomic E-state index is 0.0159. The highest BCUT2D eigenvalue weighted by Gasteiger charge is 2.15. The molecule has 0 heterocycles. The van der Waals surface area contributed by atoms with E-state index in [0.717, 1.165) is 0 Å². The fourth-order valence-electron chi connectivity index (χ4n) is 1.54. The van der Waals surface area contributed by atoms with Gasteiger partial charge in [-0.05, 0) is 57.2 Å². The second kappa shape index (κ2) is 8.53. The van der Waals surface area contributed by atoms with Crippen molar-refractivity contribution in [2.24, 2.45) is 0 Å². The van der Waals surface area contributed by atoms with E-state index in [1.54, 1.807) is 32.9 Å². The van der Waals surface area contributed by atoms with E-state index in [9.17, 15) is 14.9 Å². The van der Waals surface area contributed by atoms with Gasteiger partial charge in [0.05, 0.1) is 4.92 Å². The molecule has 0 atom stereocenters. The Morgan fingerprint density at radius 2 is 1.44 bits per heavy atom. The molecule has 25 heavy (non-hydrogen) atoms. The molecular formula is C17H20N2O6. The third kappa shape index (κ3) is 8.21. The van der Waals surface area contributed by atoms with E-state index in [0.29, 0.717) is 5.69 Å². The van der Waals surface area contributed by atoms with Gasteiger partial charge < -0.3 is 14.9 Å². The molecule has 0 aromatic heterocycles. The zero-order valence-electron chi connectivity index (χ0n) is 14.1. The quantitative estimate of drug-likeness (QED) is 0.428. The topological polar surface area (TPSA) is 122 Å². The van der Waals surface area contributed by atoms with Crippen molar-refractivity contribution in [3.63, 3.8) is 0 Å². The number of hydrogen-bond donors (Lipinski definition) is 3. The summed E-state index contributed by atoms with van der Waals surface area (Å²) in [4.78, 5) is 20.8. The highest BCUT2D eigenvalue weighted by Crippen LogP contribution is 2.16. The summed E-state index contributed by atoms with van der Waals surface area (Å²) in [5.74, 6) is 0.190. The number of benzene rings is 2. The van der Waals surface area contributed by atoms with Crippen molar-refractivity contribution in [1.82, 2.24) is 0 Å². The maximum Gasteiger partial charge on any atom is 0.412 e. The normalized spacial score (nSPS) is 10.2. The van der Waals surface area contributed by atoms with Crippen LogP contribution in [0.3, 0.4) is 0 Å². The summed E-state index contributed by atoms with van der Waals surface area (Å²) in [6.45, 7) is 5.39. The number of nitrogens with one attached hydrogen (secondary N) is 1. The van der Waals surface area contributed by atoms with Crippen LogP contribution in [0.1, 0.15) is 20.8 Å². The Kier molecular flexibility index (Phi) is 6.74. The highest BCUT2D eigenvalue weighted by atomic mass is 16.6.